The Morgan fingerprint density at radius 3 is 2.97 bits per heavy atom. The minimum absolute atomic E-state index is 0.271. The van der Waals surface area contributed by atoms with Gasteiger partial charge in [-0.1, -0.05) is 6.07 Å². The fourth-order valence-corrected chi connectivity index (χ4v) is 4.24. The summed E-state index contributed by atoms with van der Waals surface area (Å²) in [6, 6.07) is 10.3. The van der Waals surface area contributed by atoms with E-state index in [9.17, 15) is 5.11 Å². The average Bonchev–Trinajstić information content (AvgIpc) is 3.44. The van der Waals surface area contributed by atoms with Crippen molar-refractivity contribution in [3.05, 3.63) is 48.1 Å². The summed E-state index contributed by atoms with van der Waals surface area (Å²) in [4.78, 5) is 15.6. The van der Waals surface area contributed by atoms with E-state index in [1.807, 2.05) is 23.6 Å². The molecule has 1 aliphatic rings. The van der Waals surface area contributed by atoms with E-state index in [0.717, 1.165) is 54.6 Å². The molecule has 0 spiro atoms. The van der Waals surface area contributed by atoms with Gasteiger partial charge in [0.15, 0.2) is 0 Å². The van der Waals surface area contributed by atoms with Crippen LogP contribution in [0.3, 0.4) is 0 Å². The van der Waals surface area contributed by atoms with E-state index >= 15 is 0 Å². The maximum absolute atomic E-state index is 9.42. The smallest absolute Gasteiger partial charge is 0.227 e. The van der Waals surface area contributed by atoms with Gasteiger partial charge in [-0.25, -0.2) is 15.0 Å². The van der Waals surface area contributed by atoms with Crippen LogP contribution in [-0.2, 0) is 0 Å². The van der Waals surface area contributed by atoms with Crippen LogP contribution in [0, 0.1) is 0 Å². The van der Waals surface area contributed by atoms with E-state index in [4.69, 9.17) is 0 Å². The number of aliphatic hydroxyl groups is 1. The monoisotopic (exact) mass is 410 g/mol. The molecule has 0 unspecified atom stereocenters. The molecule has 7 nitrogen and oxygen atoms in total. The summed E-state index contributed by atoms with van der Waals surface area (Å²) in [6.45, 7) is 3.29. The summed E-state index contributed by atoms with van der Waals surface area (Å²) in [5.41, 5.74) is 2.81. The molecule has 3 N–H and O–H groups in total. The summed E-state index contributed by atoms with van der Waals surface area (Å²) in [7, 11) is 0. The van der Waals surface area contributed by atoms with Gasteiger partial charge in [-0.15, -0.1) is 11.3 Å². The summed E-state index contributed by atoms with van der Waals surface area (Å²) in [6.07, 6.45) is 6.87. The van der Waals surface area contributed by atoms with Crippen LogP contribution in [0.1, 0.15) is 19.3 Å². The number of rotatable bonds is 9. The molecule has 0 saturated carbocycles. The number of aliphatic hydroxyl groups excluding tert-OH is 1. The molecule has 0 amide bonds. The third-order valence-corrected chi connectivity index (χ3v) is 5.88. The van der Waals surface area contributed by atoms with E-state index in [1.165, 1.54) is 6.42 Å². The van der Waals surface area contributed by atoms with Gasteiger partial charge in [-0.05, 0) is 50.1 Å². The molecular weight excluding hydrogens is 384 g/mol. The standard InChI is InChI=1S/C21H26N6OS/c28-15-18-6-2-11-27(18)12-3-8-22-16-4-1-5-17(14-16)25-21-24-9-7-19(26-21)20-23-10-13-29-20/h1,4-5,7,9-10,13-14,18,22,28H,2-3,6,8,11-12,15H2,(H,24,25,26)/t18-/m0/s1. The van der Waals surface area contributed by atoms with Crippen LogP contribution in [0.2, 0.25) is 0 Å². The van der Waals surface area contributed by atoms with Crippen molar-refractivity contribution in [3.8, 4) is 10.7 Å². The molecule has 0 bridgehead atoms. The number of hydrogen-bond donors (Lipinski definition) is 3. The predicted molar refractivity (Wildman–Crippen MR) is 118 cm³/mol. The molecule has 0 radical (unpaired) electrons. The molecule has 1 atom stereocenters. The summed E-state index contributed by atoms with van der Waals surface area (Å²) in [5, 5.41) is 19.0. The van der Waals surface area contributed by atoms with E-state index in [0.29, 0.717) is 12.0 Å². The van der Waals surface area contributed by atoms with Crippen molar-refractivity contribution in [3.63, 3.8) is 0 Å². The molecule has 8 heteroatoms. The van der Waals surface area contributed by atoms with Crippen LogP contribution >= 0.6 is 11.3 Å². The van der Waals surface area contributed by atoms with Crippen LogP contribution in [0.15, 0.2) is 48.1 Å². The molecular formula is C21H26N6OS. The maximum Gasteiger partial charge on any atom is 0.227 e. The van der Waals surface area contributed by atoms with Crippen molar-refractivity contribution in [1.29, 1.82) is 0 Å². The van der Waals surface area contributed by atoms with Crippen molar-refractivity contribution in [2.75, 3.05) is 36.9 Å². The van der Waals surface area contributed by atoms with Gasteiger partial charge in [0.2, 0.25) is 5.95 Å². The third kappa shape index (κ3) is 5.29. The number of benzene rings is 1. The van der Waals surface area contributed by atoms with Crippen LogP contribution in [0.4, 0.5) is 17.3 Å². The molecule has 0 aliphatic carbocycles. The fourth-order valence-electron chi connectivity index (χ4n) is 3.64. The molecule has 29 heavy (non-hydrogen) atoms. The molecule has 1 saturated heterocycles. The van der Waals surface area contributed by atoms with Crippen molar-refractivity contribution < 1.29 is 5.11 Å². The van der Waals surface area contributed by atoms with Crippen molar-refractivity contribution in [2.24, 2.45) is 0 Å². The predicted octanol–water partition coefficient (Wildman–Crippen LogP) is 3.60. The zero-order chi connectivity index (χ0) is 19.9. The molecule has 3 aromatic rings. The van der Waals surface area contributed by atoms with Gasteiger partial charge in [0.25, 0.3) is 0 Å². The highest BCUT2D eigenvalue weighted by atomic mass is 32.1. The lowest BCUT2D eigenvalue weighted by molar-refractivity contribution is 0.158. The van der Waals surface area contributed by atoms with E-state index in [1.54, 1.807) is 23.7 Å². The Labute approximate surface area is 174 Å². The first-order chi connectivity index (χ1) is 14.3. The molecule has 152 valence electrons. The van der Waals surface area contributed by atoms with Crippen LogP contribution in [0.5, 0.6) is 0 Å². The van der Waals surface area contributed by atoms with Gasteiger partial charge in [0, 0.05) is 48.3 Å². The zero-order valence-electron chi connectivity index (χ0n) is 16.3. The Bertz CT molecular complexity index is 904. The lowest BCUT2D eigenvalue weighted by Crippen LogP contribution is -2.33. The van der Waals surface area contributed by atoms with Crippen molar-refractivity contribution in [1.82, 2.24) is 19.9 Å². The Kier molecular flexibility index (Phi) is 6.66. The van der Waals surface area contributed by atoms with Crippen LogP contribution < -0.4 is 10.6 Å². The highest BCUT2D eigenvalue weighted by Crippen LogP contribution is 2.22. The number of hydrogen-bond acceptors (Lipinski definition) is 8. The van der Waals surface area contributed by atoms with Gasteiger partial charge in [0.05, 0.1) is 6.61 Å². The fraction of sp³-hybridized carbons (Fsp3) is 0.381. The van der Waals surface area contributed by atoms with Crippen molar-refractivity contribution in [2.45, 2.75) is 25.3 Å². The number of thiazole rings is 1. The Morgan fingerprint density at radius 1 is 1.17 bits per heavy atom. The van der Waals surface area contributed by atoms with E-state index < -0.39 is 0 Å². The summed E-state index contributed by atoms with van der Waals surface area (Å²) >= 11 is 1.56. The van der Waals surface area contributed by atoms with Gasteiger partial charge >= 0.3 is 0 Å². The van der Waals surface area contributed by atoms with Gasteiger partial charge < -0.3 is 15.7 Å². The Hall–Kier alpha value is -2.55. The average molecular weight is 411 g/mol. The summed E-state index contributed by atoms with van der Waals surface area (Å²) in [5.74, 6) is 0.555. The first-order valence-electron chi connectivity index (χ1n) is 10.0. The van der Waals surface area contributed by atoms with Gasteiger partial charge in [0.1, 0.15) is 10.7 Å². The lowest BCUT2D eigenvalue weighted by atomic mass is 10.2. The number of likely N-dealkylation sites (tertiary alicyclic amines) is 1. The van der Waals surface area contributed by atoms with Gasteiger partial charge in [-0.3, -0.25) is 4.90 Å². The molecule has 1 fully saturated rings. The topological polar surface area (TPSA) is 86.2 Å². The van der Waals surface area contributed by atoms with E-state index in [-0.39, 0.29) is 6.61 Å². The zero-order valence-corrected chi connectivity index (χ0v) is 17.1. The number of nitrogens with zero attached hydrogens (tertiary/aromatic N) is 4. The minimum atomic E-state index is 0.271. The third-order valence-electron chi connectivity index (χ3n) is 5.09. The molecule has 4 rings (SSSR count). The molecule has 2 aromatic heterocycles. The Balaban J connectivity index is 1.30. The Morgan fingerprint density at radius 2 is 2.10 bits per heavy atom. The highest BCUT2D eigenvalue weighted by Gasteiger charge is 2.22. The minimum Gasteiger partial charge on any atom is -0.395 e. The highest BCUT2D eigenvalue weighted by molar-refractivity contribution is 7.13. The van der Waals surface area contributed by atoms with Gasteiger partial charge in [-0.2, -0.15) is 0 Å². The molecule has 3 heterocycles. The molecule has 1 aromatic carbocycles. The maximum atomic E-state index is 9.42. The lowest BCUT2D eigenvalue weighted by Gasteiger charge is -2.22. The van der Waals surface area contributed by atoms with E-state index in [2.05, 4.69) is 42.6 Å². The second-order valence-electron chi connectivity index (χ2n) is 7.10. The second kappa shape index (κ2) is 9.78. The second-order valence-corrected chi connectivity index (χ2v) is 8.00. The normalized spacial score (nSPS) is 16.8. The van der Waals surface area contributed by atoms with Crippen LogP contribution in [-0.4, -0.2) is 57.2 Å². The SMILES string of the molecule is OC[C@@H]1CCCN1CCCNc1cccc(Nc2nccc(-c3nccs3)n2)c1. The number of aromatic nitrogens is 3. The largest absolute Gasteiger partial charge is 0.395 e. The molecule has 1 aliphatic heterocycles. The number of anilines is 3. The first kappa shape index (κ1) is 19.8. The summed E-state index contributed by atoms with van der Waals surface area (Å²) < 4.78 is 0. The van der Waals surface area contributed by atoms with Crippen LogP contribution in [0.25, 0.3) is 10.7 Å². The first-order valence-corrected chi connectivity index (χ1v) is 10.9. The van der Waals surface area contributed by atoms with Crippen molar-refractivity contribution >= 4 is 28.7 Å². The quantitative estimate of drug-likeness (QED) is 0.465. The number of nitrogens with one attached hydrogen (secondary N) is 2.